The van der Waals surface area contributed by atoms with Crippen LogP contribution in [0.1, 0.15) is 21.5 Å². The molecule has 1 N–H and O–H groups in total. The highest BCUT2D eigenvalue weighted by molar-refractivity contribution is 9.09. The van der Waals surface area contributed by atoms with Crippen molar-refractivity contribution >= 4 is 27.5 Å². The summed E-state index contributed by atoms with van der Waals surface area (Å²) in [6, 6.07) is 12.0. The second-order valence-corrected chi connectivity index (χ2v) is 5.37. The molecular formula is C16H15BrFNO. The smallest absolute Gasteiger partial charge is 0.258 e. The van der Waals surface area contributed by atoms with Gasteiger partial charge in [-0.05, 0) is 43.2 Å². The maximum absolute atomic E-state index is 13.6. The summed E-state index contributed by atoms with van der Waals surface area (Å²) >= 11 is 3.38. The molecule has 0 bridgehead atoms. The molecule has 2 aromatic carbocycles. The van der Waals surface area contributed by atoms with Crippen molar-refractivity contribution in [2.24, 2.45) is 0 Å². The minimum absolute atomic E-state index is 0.0644. The zero-order chi connectivity index (χ0) is 14.5. The zero-order valence-corrected chi connectivity index (χ0v) is 12.7. The van der Waals surface area contributed by atoms with Crippen molar-refractivity contribution in [2.75, 3.05) is 10.6 Å². The Labute approximate surface area is 126 Å². The number of carbonyl (C=O) groups is 1. The van der Waals surface area contributed by atoms with Crippen LogP contribution in [0.2, 0.25) is 0 Å². The Morgan fingerprint density at radius 2 is 1.90 bits per heavy atom. The summed E-state index contributed by atoms with van der Waals surface area (Å²) in [4.78, 5) is 12.0. The van der Waals surface area contributed by atoms with Gasteiger partial charge in [-0.2, -0.15) is 0 Å². The van der Waals surface area contributed by atoms with E-state index in [4.69, 9.17) is 0 Å². The molecule has 0 unspecified atom stereocenters. The average molecular weight is 336 g/mol. The van der Waals surface area contributed by atoms with Gasteiger partial charge in [0.05, 0.1) is 5.56 Å². The van der Waals surface area contributed by atoms with E-state index in [9.17, 15) is 9.18 Å². The quantitative estimate of drug-likeness (QED) is 0.828. The van der Waals surface area contributed by atoms with Crippen LogP contribution in [-0.2, 0) is 6.42 Å². The second-order valence-electron chi connectivity index (χ2n) is 4.57. The summed E-state index contributed by atoms with van der Waals surface area (Å²) in [5, 5.41) is 3.60. The van der Waals surface area contributed by atoms with Gasteiger partial charge in [0.15, 0.2) is 0 Å². The van der Waals surface area contributed by atoms with Crippen LogP contribution in [0.15, 0.2) is 42.5 Å². The van der Waals surface area contributed by atoms with Crippen LogP contribution >= 0.6 is 15.9 Å². The Morgan fingerprint density at radius 3 is 2.55 bits per heavy atom. The summed E-state index contributed by atoms with van der Waals surface area (Å²) < 4.78 is 13.6. The molecule has 20 heavy (non-hydrogen) atoms. The average Bonchev–Trinajstić information content (AvgIpc) is 2.44. The fourth-order valence-electron chi connectivity index (χ4n) is 1.88. The number of amides is 1. The Balaban J connectivity index is 2.13. The molecule has 0 aliphatic heterocycles. The number of halogens is 2. The number of carbonyl (C=O) groups excluding carboxylic acids is 1. The predicted octanol–water partition coefficient (Wildman–Crippen LogP) is 4.32. The fourth-order valence-corrected chi connectivity index (χ4v) is 2.33. The van der Waals surface area contributed by atoms with Gasteiger partial charge in [0.1, 0.15) is 5.82 Å². The van der Waals surface area contributed by atoms with Gasteiger partial charge >= 0.3 is 0 Å². The molecule has 0 fully saturated rings. The van der Waals surface area contributed by atoms with Gasteiger partial charge in [0.25, 0.3) is 5.91 Å². The van der Waals surface area contributed by atoms with Crippen LogP contribution < -0.4 is 5.32 Å². The van der Waals surface area contributed by atoms with Crippen LogP contribution in [0.25, 0.3) is 0 Å². The van der Waals surface area contributed by atoms with Crippen LogP contribution in [0, 0.1) is 12.7 Å². The summed E-state index contributed by atoms with van der Waals surface area (Å²) in [6.07, 6.45) is 0.931. The first kappa shape index (κ1) is 14.7. The number of anilines is 1. The van der Waals surface area contributed by atoms with Gasteiger partial charge in [-0.1, -0.05) is 39.7 Å². The van der Waals surface area contributed by atoms with Crippen LogP contribution in [0.4, 0.5) is 10.1 Å². The van der Waals surface area contributed by atoms with Crippen LogP contribution in [0.5, 0.6) is 0 Å². The predicted molar refractivity (Wildman–Crippen MR) is 83.0 cm³/mol. The van der Waals surface area contributed by atoms with Crippen LogP contribution in [-0.4, -0.2) is 11.2 Å². The lowest BCUT2D eigenvalue weighted by Crippen LogP contribution is -2.14. The SMILES string of the molecule is Cc1ccc(F)c(C(=O)Nc2ccc(CCBr)cc2)c1. The normalized spacial score (nSPS) is 10.3. The van der Waals surface area contributed by atoms with E-state index in [1.165, 1.54) is 11.6 Å². The van der Waals surface area contributed by atoms with E-state index < -0.39 is 11.7 Å². The molecule has 0 saturated heterocycles. The zero-order valence-electron chi connectivity index (χ0n) is 11.1. The van der Waals surface area contributed by atoms with Gasteiger partial charge in [0, 0.05) is 11.0 Å². The molecule has 0 aliphatic carbocycles. The van der Waals surface area contributed by atoms with Gasteiger partial charge in [-0.3, -0.25) is 4.79 Å². The lowest BCUT2D eigenvalue weighted by atomic mass is 10.1. The molecule has 104 valence electrons. The Bertz CT molecular complexity index is 610. The number of hydrogen-bond donors (Lipinski definition) is 1. The lowest BCUT2D eigenvalue weighted by molar-refractivity contribution is 0.102. The number of hydrogen-bond acceptors (Lipinski definition) is 1. The monoisotopic (exact) mass is 335 g/mol. The maximum atomic E-state index is 13.6. The van der Waals surface area contributed by atoms with Gasteiger partial charge in [-0.25, -0.2) is 4.39 Å². The van der Waals surface area contributed by atoms with E-state index in [1.54, 1.807) is 12.1 Å². The van der Waals surface area contributed by atoms with Crippen molar-refractivity contribution in [1.29, 1.82) is 0 Å². The highest BCUT2D eigenvalue weighted by Crippen LogP contribution is 2.15. The van der Waals surface area contributed by atoms with E-state index >= 15 is 0 Å². The second kappa shape index (κ2) is 6.66. The molecule has 0 aromatic heterocycles. The molecule has 2 rings (SSSR count). The fraction of sp³-hybridized carbons (Fsp3) is 0.188. The van der Waals surface area contributed by atoms with Crippen LogP contribution in [0.3, 0.4) is 0 Å². The molecule has 0 spiro atoms. The molecule has 4 heteroatoms. The Hall–Kier alpha value is -1.68. The summed E-state index contributed by atoms with van der Waals surface area (Å²) in [6.45, 7) is 1.82. The molecule has 0 saturated carbocycles. The van der Waals surface area contributed by atoms with Crippen molar-refractivity contribution in [2.45, 2.75) is 13.3 Å². The molecule has 2 nitrogen and oxygen atoms in total. The molecule has 0 radical (unpaired) electrons. The van der Waals surface area contributed by atoms with E-state index in [1.807, 2.05) is 31.2 Å². The van der Waals surface area contributed by atoms with Crippen molar-refractivity contribution in [3.8, 4) is 0 Å². The number of rotatable bonds is 4. The van der Waals surface area contributed by atoms with E-state index in [0.717, 1.165) is 17.3 Å². The molecule has 1 amide bonds. The van der Waals surface area contributed by atoms with Gasteiger partial charge < -0.3 is 5.32 Å². The van der Waals surface area contributed by atoms with Crippen molar-refractivity contribution in [3.05, 3.63) is 65.0 Å². The largest absolute Gasteiger partial charge is 0.322 e. The first-order valence-corrected chi connectivity index (χ1v) is 7.44. The third-order valence-electron chi connectivity index (χ3n) is 2.96. The van der Waals surface area contributed by atoms with E-state index in [-0.39, 0.29) is 5.56 Å². The Morgan fingerprint density at radius 1 is 1.20 bits per heavy atom. The van der Waals surface area contributed by atoms with Crippen molar-refractivity contribution in [3.63, 3.8) is 0 Å². The third kappa shape index (κ3) is 3.67. The van der Waals surface area contributed by atoms with E-state index in [2.05, 4.69) is 21.2 Å². The van der Waals surface area contributed by atoms with Crippen molar-refractivity contribution < 1.29 is 9.18 Å². The molecule has 0 atom stereocenters. The number of alkyl halides is 1. The highest BCUT2D eigenvalue weighted by atomic mass is 79.9. The molecular weight excluding hydrogens is 321 g/mol. The topological polar surface area (TPSA) is 29.1 Å². The lowest BCUT2D eigenvalue weighted by Gasteiger charge is -2.07. The number of benzene rings is 2. The minimum Gasteiger partial charge on any atom is -0.322 e. The van der Waals surface area contributed by atoms with E-state index in [0.29, 0.717) is 5.69 Å². The standard InChI is InChI=1S/C16H15BrFNO/c1-11-2-7-15(18)14(10-11)16(20)19-13-5-3-12(4-6-13)8-9-17/h2-7,10H,8-9H2,1H3,(H,19,20). The molecule has 2 aromatic rings. The summed E-state index contributed by atoms with van der Waals surface area (Å²) in [5.41, 5.74) is 2.76. The molecule has 0 heterocycles. The minimum atomic E-state index is -0.510. The first-order valence-electron chi connectivity index (χ1n) is 6.32. The van der Waals surface area contributed by atoms with Crippen molar-refractivity contribution in [1.82, 2.24) is 0 Å². The number of nitrogens with one attached hydrogen (secondary N) is 1. The van der Waals surface area contributed by atoms with Gasteiger partial charge in [0.2, 0.25) is 0 Å². The highest BCUT2D eigenvalue weighted by Gasteiger charge is 2.11. The summed E-state index contributed by atoms with van der Waals surface area (Å²) in [7, 11) is 0. The maximum Gasteiger partial charge on any atom is 0.258 e. The first-order chi connectivity index (χ1) is 9.60. The number of aryl methyl sites for hydroxylation is 2. The summed E-state index contributed by atoms with van der Waals surface area (Å²) in [5.74, 6) is -0.941. The Kier molecular flexibility index (Phi) is 4.90. The molecule has 0 aliphatic rings. The third-order valence-corrected chi connectivity index (χ3v) is 3.36. The van der Waals surface area contributed by atoms with Gasteiger partial charge in [-0.15, -0.1) is 0 Å².